The Bertz CT molecular complexity index is 4790. The molecule has 2 aromatic heterocycles. The second-order valence-electron chi connectivity index (χ2n) is 31.7. The Hall–Kier alpha value is -12.7. The van der Waals surface area contributed by atoms with E-state index in [1.165, 1.54) is 59.3 Å². The quantitative estimate of drug-likeness (QED) is 0.0322. The number of amides is 17. The maximum Gasteiger partial charge on any atom is 0.303 e. The number of aromatic nitrogens is 2. The number of likely N-dealkylation sites (N-methyl/N-ethyl adjacent to an activating group) is 3. The number of benzene rings is 3. The number of phenols is 1. The lowest BCUT2D eigenvalue weighted by atomic mass is 10.00. The average molecular weight is 1770 g/mol. The van der Waals surface area contributed by atoms with Gasteiger partial charge in [0.05, 0.1) is 25.3 Å². The second-order valence-corrected chi connectivity index (χ2v) is 32.7. The van der Waals surface area contributed by atoms with Crippen molar-refractivity contribution in [3.8, 4) is 5.75 Å². The van der Waals surface area contributed by atoms with Crippen LogP contribution < -0.4 is 70.4 Å². The molecule has 0 aliphatic carbocycles. The van der Waals surface area contributed by atoms with Crippen molar-refractivity contribution in [2.24, 2.45) is 17.2 Å². The maximum absolute atomic E-state index is 15.6. The zero-order chi connectivity index (χ0) is 92.3. The zero-order valence-corrected chi connectivity index (χ0v) is 72.3. The number of rotatable bonds is 22. The van der Waals surface area contributed by atoms with Crippen LogP contribution in [0.15, 0.2) is 85.2 Å². The number of aliphatic hydroxyl groups is 1. The summed E-state index contributed by atoms with van der Waals surface area (Å²) in [5.74, 6) is -18.7. The minimum atomic E-state index is -1.87. The molecule has 0 spiro atoms. The first kappa shape index (κ1) is 98.7. The van der Waals surface area contributed by atoms with Crippen molar-refractivity contribution < 1.29 is 102 Å². The van der Waals surface area contributed by atoms with Gasteiger partial charge >= 0.3 is 5.97 Å². The molecule has 8 rings (SSSR count). The molecule has 3 saturated heterocycles. The number of thioether (sulfide) groups is 1. The number of aromatic amines is 2. The molecule has 5 heterocycles. The van der Waals surface area contributed by atoms with Crippen LogP contribution in [-0.2, 0) is 106 Å². The van der Waals surface area contributed by atoms with E-state index >= 15 is 24.0 Å². The van der Waals surface area contributed by atoms with Gasteiger partial charge in [-0.15, -0.1) is 11.8 Å². The van der Waals surface area contributed by atoms with Crippen LogP contribution in [0.25, 0.3) is 21.8 Å². The lowest BCUT2D eigenvalue weighted by Gasteiger charge is -2.36. The Morgan fingerprint density at radius 1 is 0.508 bits per heavy atom. The highest BCUT2D eigenvalue weighted by molar-refractivity contribution is 8.00. The Labute approximate surface area is 731 Å². The molecule has 0 saturated carbocycles. The highest BCUT2D eigenvalue weighted by Crippen LogP contribution is 2.27. The Kier molecular flexibility index (Phi) is 36.7. The number of para-hydroxylation sites is 2. The van der Waals surface area contributed by atoms with Gasteiger partial charge < -0.3 is 120 Å². The summed E-state index contributed by atoms with van der Waals surface area (Å²) in [5.41, 5.74) is 19.8. The first-order chi connectivity index (χ1) is 60.0. The SMILES string of the molecule is CCCC[C@H]1C(=O)N(C)[C@@H](CCCC)C(=O)N[C@@H](C)C(=O)N[C@H](C(=O)NCC(N)=O)CSCC(=O)N[C@@H](Cc2ccc(O)cc2)C(=O)N(C)[C@@H](C)C(=O)N[C@@H](CC(N)=O)C(=O)N2CCC[C@H]2C(=O)N[C@@H](CN)C(=O)N[C@@H](CCC(=O)O)C(=O)N2CCC[C@H]2C(=O)N[C@@H](Cc2c[nH]c3ccccc23)C(=O)N[C@@H](CO)C(=O)N[C@@H](Cc2c[nH]c3ccccc23)C(=O)N1C. The maximum atomic E-state index is 15.6. The number of carbonyl (C=O) groups excluding carboxylic acids is 17. The number of unbranched alkanes of at least 4 members (excludes halogenated alkanes) is 2. The van der Waals surface area contributed by atoms with E-state index in [2.05, 4.69) is 63.1 Å². The number of carboxylic acids is 1. The monoisotopic (exact) mass is 1770 g/mol. The van der Waals surface area contributed by atoms with E-state index < -0.39 is 241 Å². The summed E-state index contributed by atoms with van der Waals surface area (Å²) in [5, 5.41) is 58.0. The van der Waals surface area contributed by atoms with Crippen LogP contribution in [0.2, 0.25) is 0 Å². The topological polar surface area (TPSA) is 614 Å². The van der Waals surface area contributed by atoms with Gasteiger partial charge in [0, 0.05) is 106 Å². The molecular formula is C84H116N20O21S. The van der Waals surface area contributed by atoms with Gasteiger partial charge in [0.2, 0.25) is 100 Å². The van der Waals surface area contributed by atoms with Gasteiger partial charge in [0.25, 0.3) is 0 Å². The highest BCUT2D eigenvalue weighted by Gasteiger charge is 2.45. The predicted octanol–water partition coefficient (Wildman–Crippen LogP) is -3.33. The third-order valence-electron chi connectivity index (χ3n) is 22.6. The predicted molar refractivity (Wildman–Crippen MR) is 459 cm³/mol. The van der Waals surface area contributed by atoms with Gasteiger partial charge in [0.1, 0.15) is 90.3 Å². The lowest BCUT2D eigenvalue weighted by Crippen LogP contribution is -2.62. The van der Waals surface area contributed by atoms with Crippen LogP contribution in [0.4, 0.5) is 0 Å². The Balaban J connectivity index is 1.15. The van der Waals surface area contributed by atoms with Crippen molar-refractivity contribution in [3.05, 3.63) is 102 Å². The normalized spacial score (nSPS) is 25.1. The number of aliphatic hydroxyl groups excluding tert-OH is 1. The summed E-state index contributed by atoms with van der Waals surface area (Å²) in [6, 6.07) is -2.20. The molecule has 3 fully saturated rings. The molecule has 41 nitrogen and oxygen atoms in total. The van der Waals surface area contributed by atoms with Crippen molar-refractivity contribution in [2.75, 3.05) is 65.4 Å². The lowest BCUT2D eigenvalue weighted by molar-refractivity contribution is -0.149. The van der Waals surface area contributed by atoms with Crippen molar-refractivity contribution >= 4 is 140 Å². The average Bonchev–Trinajstić information content (AvgIpc) is 1.51. The van der Waals surface area contributed by atoms with E-state index in [4.69, 9.17) is 17.2 Å². The van der Waals surface area contributed by atoms with E-state index in [-0.39, 0.29) is 76.6 Å². The second kappa shape index (κ2) is 46.8. The van der Waals surface area contributed by atoms with Gasteiger partial charge in [-0.3, -0.25) is 86.3 Å². The highest BCUT2D eigenvalue weighted by atomic mass is 32.2. The molecule has 126 heavy (non-hydrogen) atoms. The van der Waals surface area contributed by atoms with Crippen LogP contribution in [0, 0.1) is 0 Å². The minimum Gasteiger partial charge on any atom is -0.508 e. The molecule has 3 aromatic carbocycles. The molecule has 42 heteroatoms. The number of hydrogen-bond acceptors (Lipinski definition) is 22. The third-order valence-corrected chi connectivity index (χ3v) is 23.7. The number of primary amides is 2. The number of fused-ring (bicyclic) bond motifs is 4. The number of phenolic OH excluding ortho intramolecular Hbond substituents is 1. The Morgan fingerprint density at radius 2 is 1.00 bits per heavy atom. The van der Waals surface area contributed by atoms with Crippen LogP contribution >= 0.6 is 11.8 Å². The first-order valence-corrected chi connectivity index (χ1v) is 43.1. The largest absolute Gasteiger partial charge is 0.508 e. The minimum absolute atomic E-state index is 0.0146. The van der Waals surface area contributed by atoms with E-state index in [0.717, 1.165) is 36.3 Å². The number of nitrogens with zero attached hydrogens (tertiary/aromatic N) is 5. The molecule has 14 atom stereocenters. The van der Waals surface area contributed by atoms with Crippen molar-refractivity contribution in [1.29, 1.82) is 0 Å². The number of H-pyrrole nitrogens is 2. The summed E-state index contributed by atoms with van der Waals surface area (Å²) in [6.45, 7) is 3.50. The number of nitrogens with two attached hydrogens (primary N) is 3. The molecule has 5 aromatic rings. The van der Waals surface area contributed by atoms with Gasteiger partial charge in [-0.1, -0.05) is 88.1 Å². The summed E-state index contributed by atoms with van der Waals surface area (Å²) >= 11 is 0.772. The van der Waals surface area contributed by atoms with E-state index in [9.17, 15) is 77.6 Å². The fourth-order valence-electron chi connectivity index (χ4n) is 15.4. The van der Waals surface area contributed by atoms with Crippen LogP contribution in [0.5, 0.6) is 5.75 Å². The van der Waals surface area contributed by atoms with Gasteiger partial charge in [0.15, 0.2) is 0 Å². The molecule has 0 bridgehead atoms. The number of aliphatic carboxylic acids is 1. The number of aromatic hydroxyl groups is 1. The summed E-state index contributed by atoms with van der Waals surface area (Å²) in [7, 11) is 3.89. The molecular weight excluding hydrogens is 1660 g/mol. The third kappa shape index (κ3) is 26.7. The number of carboxylic acid groups (broad SMARTS) is 1. The van der Waals surface area contributed by atoms with Crippen LogP contribution in [-0.4, -0.2) is 306 Å². The van der Waals surface area contributed by atoms with Crippen molar-refractivity contribution in [1.82, 2.24) is 87.6 Å². The standard InChI is InChI=1S/C84H116N20O21S/c1-8-10-22-63-77(118)91-45(3)71(112)99-62(73(114)90-41-68(87)108)43-126-44-69(109)92-57(34-47-26-28-50(106)29-27-47)80(121)100(5)46(4)72(113)95-59(37-67(86)107)83(124)104-33-17-25-65(104)79(120)97-60(38-85)75(116)93-55(30-31-70(110)111)82(123)103-32-16-24-64(103)78(119)94-56(35-48-39-88-53-20-14-12-18-51(48)53)74(115)98-61(42-105)76(117)96-58(36-49-40-89-54-21-15-13-19-52(49)54)81(122)102(7)66(23-11-9-2)84(125)101(63)6/h12-15,18-21,26-29,39-40,45-46,55-66,88-89,105-106H,8-11,16-17,22-25,30-38,41-44,85H2,1-7H3,(H2,86,107)(H2,87,108)(H,90,114)(H,91,118)(H,92,109)(H,93,116)(H,94,119)(H,95,113)(H,96,117)(H,97,120)(H,98,115)(H,99,112)(H,110,111)/t45-,46-,55-,56-,57-,58-,59-,60-,61-,62-,63-,64-,65-,66-/m0/s1. The van der Waals surface area contributed by atoms with Crippen molar-refractivity contribution in [2.45, 2.75) is 215 Å². The van der Waals surface area contributed by atoms with Crippen molar-refractivity contribution in [3.63, 3.8) is 0 Å². The van der Waals surface area contributed by atoms with E-state index in [1.54, 1.807) is 60.9 Å². The van der Waals surface area contributed by atoms with Gasteiger partial charge in [-0.25, -0.2) is 0 Å². The van der Waals surface area contributed by atoms with E-state index in [1.807, 2.05) is 13.8 Å². The smallest absolute Gasteiger partial charge is 0.303 e. The van der Waals surface area contributed by atoms with Gasteiger partial charge in [-0.05, 0) is 99.7 Å². The summed E-state index contributed by atoms with van der Waals surface area (Å²) in [4.78, 5) is 269. The number of nitrogens with one attached hydrogen (secondary N) is 12. The Morgan fingerprint density at radius 3 is 1.56 bits per heavy atom. The molecule has 21 N–H and O–H groups in total. The van der Waals surface area contributed by atoms with Gasteiger partial charge in [-0.2, -0.15) is 0 Å². The van der Waals surface area contributed by atoms with Crippen LogP contribution in [0.1, 0.15) is 128 Å². The number of carbonyl (C=O) groups is 18. The summed E-state index contributed by atoms with van der Waals surface area (Å²) < 4.78 is 0. The molecule has 3 aliphatic heterocycles. The molecule has 17 amide bonds. The number of hydrogen-bond donors (Lipinski definition) is 18. The molecule has 3 aliphatic rings. The first-order valence-electron chi connectivity index (χ1n) is 42.0. The van der Waals surface area contributed by atoms with Crippen LogP contribution in [0.3, 0.4) is 0 Å². The molecule has 684 valence electrons. The molecule has 0 unspecified atom stereocenters. The zero-order valence-electron chi connectivity index (χ0n) is 71.5. The van der Waals surface area contributed by atoms with E-state index in [0.29, 0.717) is 64.2 Å². The summed E-state index contributed by atoms with van der Waals surface area (Å²) in [6.07, 6.45) is 2.28. The fraction of sp³-hybridized carbons (Fsp3) is 0.524. The fourth-order valence-corrected chi connectivity index (χ4v) is 16.2. The molecule has 0 radical (unpaired) electrons.